The van der Waals surface area contributed by atoms with E-state index in [1.807, 2.05) is 6.92 Å². The van der Waals surface area contributed by atoms with Gasteiger partial charge in [-0.1, -0.05) is 13.3 Å². The van der Waals surface area contributed by atoms with Crippen LogP contribution in [0.15, 0.2) is 12.3 Å². The third-order valence-electron chi connectivity index (χ3n) is 2.01. The first-order chi connectivity index (χ1) is 6.65. The first-order valence-electron chi connectivity index (χ1n) is 4.69. The molecule has 78 valence electrons. The van der Waals surface area contributed by atoms with E-state index in [0.29, 0.717) is 12.2 Å². The zero-order chi connectivity index (χ0) is 10.6. The van der Waals surface area contributed by atoms with Crippen LogP contribution >= 0.6 is 0 Å². The van der Waals surface area contributed by atoms with Crippen molar-refractivity contribution in [3.05, 3.63) is 12.3 Å². The first kappa shape index (κ1) is 10.7. The number of aromatic nitrogens is 2. The van der Waals surface area contributed by atoms with Crippen LogP contribution in [0.4, 0.5) is 5.82 Å². The van der Waals surface area contributed by atoms with Crippen molar-refractivity contribution in [1.29, 1.82) is 0 Å². The van der Waals surface area contributed by atoms with Crippen LogP contribution in [0.5, 0.6) is 0 Å². The number of carbonyl (C=O) groups is 1. The van der Waals surface area contributed by atoms with Gasteiger partial charge in [-0.25, -0.2) is 0 Å². The lowest BCUT2D eigenvalue weighted by Gasteiger charge is -2.10. The topological polar surface area (TPSA) is 72.9 Å². The molecule has 0 radical (unpaired) electrons. The molecule has 1 aromatic heterocycles. The van der Waals surface area contributed by atoms with E-state index in [9.17, 15) is 4.79 Å². The number of hydrogen-bond donors (Lipinski definition) is 2. The maximum atomic E-state index is 11.5. The Kier molecular flexibility index (Phi) is 3.64. The molecule has 0 bridgehead atoms. The van der Waals surface area contributed by atoms with Gasteiger partial charge in [0.05, 0.1) is 12.2 Å². The molecule has 1 amide bonds. The number of nitrogens with one attached hydrogen (secondary N) is 1. The Morgan fingerprint density at radius 3 is 3.00 bits per heavy atom. The maximum absolute atomic E-state index is 11.5. The van der Waals surface area contributed by atoms with Crippen molar-refractivity contribution >= 4 is 11.7 Å². The zero-order valence-electron chi connectivity index (χ0n) is 8.53. The van der Waals surface area contributed by atoms with Crippen molar-refractivity contribution in [3.8, 4) is 0 Å². The van der Waals surface area contributed by atoms with Crippen LogP contribution in [-0.2, 0) is 11.8 Å². The van der Waals surface area contributed by atoms with Gasteiger partial charge in [-0.15, -0.1) is 0 Å². The second kappa shape index (κ2) is 4.76. The van der Waals surface area contributed by atoms with E-state index in [-0.39, 0.29) is 5.91 Å². The SMILES string of the molecule is CCC[C@H](N)C(=O)Nc1ccnn1C. The molecule has 1 aromatic rings. The van der Waals surface area contributed by atoms with Gasteiger partial charge in [0.15, 0.2) is 0 Å². The summed E-state index contributed by atoms with van der Waals surface area (Å²) in [5, 5.41) is 6.65. The van der Waals surface area contributed by atoms with E-state index in [0.717, 1.165) is 6.42 Å². The van der Waals surface area contributed by atoms with Crippen molar-refractivity contribution < 1.29 is 4.79 Å². The fraction of sp³-hybridized carbons (Fsp3) is 0.556. The fourth-order valence-electron chi connectivity index (χ4n) is 1.16. The molecule has 0 unspecified atom stereocenters. The summed E-state index contributed by atoms with van der Waals surface area (Å²) in [5.74, 6) is 0.511. The molecule has 0 aliphatic heterocycles. The Balaban J connectivity index is 2.53. The quantitative estimate of drug-likeness (QED) is 0.736. The summed E-state index contributed by atoms with van der Waals surface area (Å²) in [6.45, 7) is 2.00. The molecule has 1 heterocycles. The smallest absolute Gasteiger partial charge is 0.242 e. The van der Waals surface area contributed by atoms with E-state index in [1.165, 1.54) is 0 Å². The van der Waals surface area contributed by atoms with Gasteiger partial charge in [0.2, 0.25) is 5.91 Å². The highest BCUT2D eigenvalue weighted by Crippen LogP contribution is 2.04. The summed E-state index contributed by atoms with van der Waals surface area (Å²) in [6.07, 6.45) is 3.23. The van der Waals surface area contributed by atoms with Gasteiger partial charge in [0, 0.05) is 13.1 Å². The molecule has 0 aliphatic rings. The van der Waals surface area contributed by atoms with Gasteiger partial charge in [-0.05, 0) is 6.42 Å². The minimum atomic E-state index is -0.435. The molecule has 1 atom stereocenters. The van der Waals surface area contributed by atoms with Crippen LogP contribution < -0.4 is 11.1 Å². The average Bonchev–Trinajstić information content (AvgIpc) is 2.52. The van der Waals surface area contributed by atoms with Crippen molar-refractivity contribution in [2.45, 2.75) is 25.8 Å². The van der Waals surface area contributed by atoms with Crippen molar-refractivity contribution in [2.24, 2.45) is 12.8 Å². The molecule has 0 aromatic carbocycles. The number of amides is 1. The monoisotopic (exact) mass is 196 g/mol. The molecular formula is C9H16N4O. The molecule has 0 saturated heterocycles. The van der Waals surface area contributed by atoms with Gasteiger partial charge >= 0.3 is 0 Å². The Bertz CT molecular complexity index is 308. The predicted molar refractivity (Wildman–Crippen MR) is 54.7 cm³/mol. The summed E-state index contributed by atoms with van der Waals surface area (Å²) in [6, 6.07) is 1.30. The Morgan fingerprint density at radius 2 is 2.50 bits per heavy atom. The molecule has 5 nitrogen and oxygen atoms in total. The van der Waals surface area contributed by atoms with Crippen LogP contribution in [-0.4, -0.2) is 21.7 Å². The number of hydrogen-bond acceptors (Lipinski definition) is 3. The summed E-state index contributed by atoms with van der Waals surface area (Å²) >= 11 is 0. The summed E-state index contributed by atoms with van der Waals surface area (Å²) in [5.41, 5.74) is 5.65. The lowest BCUT2D eigenvalue weighted by atomic mass is 10.2. The van der Waals surface area contributed by atoms with E-state index in [1.54, 1.807) is 24.0 Å². The van der Waals surface area contributed by atoms with Gasteiger partial charge in [0.25, 0.3) is 0 Å². The molecule has 0 saturated carbocycles. The molecule has 3 N–H and O–H groups in total. The summed E-state index contributed by atoms with van der Waals surface area (Å²) < 4.78 is 1.59. The van der Waals surface area contributed by atoms with Gasteiger partial charge < -0.3 is 11.1 Å². The van der Waals surface area contributed by atoms with Crippen molar-refractivity contribution in [2.75, 3.05) is 5.32 Å². The highest BCUT2D eigenvalue weighted by molar-refractivity contribution is 5.93. The minimum Gasteiger partial charge on any atom is -0.320 e. The van der Waals surface area contributed by atoms with Crippen LogP contribution in [0.2, 0.25) is 0 Å². The third-order valence-corrected chi connectivity index (χ3v) is 2.01. The van der Waals surface area contributed by atoms with Crippen molar-refractivity contribution in [1.82, 2.24) is 9.78 Å². The lowest BCUT2D eigenvalue weighted by molar-refractivity contribution is -0.117. The lowest BCUT2D eigenvalue weighted by Crippen LogP contribution is -2.35. The van der Waals surface area contributed by atoms with Gasteiger partial charge in [-0.2, -0.15) is 5.10 Å². The van der Waals surface area contributed by atoms with Gasteiger partial charge in [-0.3, -0.25) is 9.48 Å². The number of anilines is 1. The molecule has 1 rings (SSSR count). The number of aryl methyl sites for hydroxylation is 1. The summed E-state index contributed by atoms with van der Waals surface area (Å²) in [7, 11) is 1.76. The Labute approximate surface area is 83.3 Å². The molecule has 5 heteroatoms. The van der Waals surface area contributed by atoms with E-state index >= 15 is 0 Å². The average molecular weight is 196 g/mol. The minimum absolute atomic E-state index is 0.157. The molecule has 0 spiro atoms. The zero-order valence-corrected chi connectivity index (χ0v) is 8.53. The largest absolute Gasteiger partial charge is 0.320 e. The van der Waals surface area contributed by atoms with E-state index in [4.69, 9.17) is 5.73 Å². The fourth-order valence-corrected chi connectivity index (χ4v) is 1.16. The van der Waals surface area contributed by atoms with Crippen molar-refractivity contribution in [3.63, 3.8) is 0 Å². The van der Waals surface area contributed by atoms with E-state index < -0.39 is 6.04 Å². The molecule has 0 aliphatic carbocycles. The number of nitrogens with two attached hydrogens (primary N) is 1. The highest BCUT2D eigenvalue weighted by atomic mass is 16.2. The molecule has 14 heavy (non-hydrogen) atoms. The summed E-state index contributed by atoms with van der Waals surface area (Å²) in [4.78, 5) is 11.5. The number of nitrogens with zero attached hydrogens (tertiary/aromatic N) is 2. The highest BCUT2D eigenvalue weighted by Gasteiger charge is 2.13. The number of carbonyl (C=O) groups excluding carboxylic acids is 1. The Morgan fingerprint density at radius 1 is 1.79 bits per heavy atom. The second-order valence-electron chi connectivity index (χ2n) is 3.22. The predicted octanol–water partition coefficient (Wildman–Crippen LogP) is 0.486. The van der Waals surface area contributed by atoms with Crippen LogP contribution in [0.1, 0.15) is 19.8 Å². The van der Waals surface area contributed by atoms with Gasteiger partial charge in [0.1, 0.15) is 5.82 Å². The standard InChI is InChI=1S/C9H16N4O/c1-3-4-7(10)9(14)12-8-5-6-11-13(8)2/h5-7H,3-4,10H2,1-2H3,(H,12,14)/t7-/m0/s1. The second-order valence-corrected chi connectivity index (χ2v) is 3.22. The van der Waals surface area contributed by atoms with Crippen LogP contribution in [0, 0.1) is 0 Å². The Hall–Kier alpha value is -1.36. The van der Waals surface area contributed by atoms with Crippen LogP contribution in [0.3, 0.4) is 0 Å². The molecule has 0 fully saturated rings. The van der Waals surface area contributed by atoms with E-state index in [2.05, 4.69) is 10.4 Å². The molecular weight excluding hydrogens is 180 g/mol. The third kappa shape index (κ3) is 2.56. The van der Waals surface area contributed by atoms with Crippen LogP contribution in [0.25, 0.3) is 0 Å². The normalized spacial score (nSPS) is 12.5. The maximum Gasteiger partial charge on any atom is 0.242 e. The first-order valence-corrected chi connectivity index (χ1v) is 4.69. The number of rotatable bonds is 4.